The molecule has 0 aliphatic heterocycles. The van der Waals surface area contributed by atoms with E-state index in [9.17, 15) is 0 Å². The zero-order valence-corrected chi connectivity index (χ0v) is 21.9. The van der Waals surface area contributed by atoms with Crippen LogP contribution in [0.5, 0.6) is 0 Å². The van der Waals surface area contributed by atoms with Gasteiger partial charge in [0.1, 0.15) is 0 Å². The van der Waals surface area contributed by atoms with Gasteiger partial charge in [0.05, 0.1) is 0 Å². The molecule has 0 aliphatic carbocycles. The van der Waals surface area contributed by atoms with Crippen molar-refractivity contribution in [2.75, 3.05) is 0 Å². The second-order valence-electron chi connectivity index (χ2n) is 9.58. The zero-order chi connectivity index (χ0) is 19.5. The van der Waals surface area contributed by atoms with Gasteiger partial charge in [-0.25, -0.2) is 0 Å². The van der Waals surface area contributed by atoms with Crippen LogP contribution in [0, 0.1) is 0 Å². The molecule has 0 fully saturated rings. The van der Waals surface area contributed by atoms with Crippen molar-refractivity contribution in [2.24, 2.45) is 0 Å². The molecule has 192 valence electrons. The third-order valence-corrected chi connectivity index (χ3v) is 17.2. The normalized spacial score (nSPS) is 13.9. The summed E-state index contributed by atoms with van der Waals surface area (Å²) in [5.41, 5.74) is 1.36. The van der Waals surface area contributed by atoms with E-state index in [1.165, 1.54) is 5.56 Å². The Morgan fingerprint density at radius 1 is 0.613 bits per heavy atom. The van der Waals surface area contributed by atoms with E-state index in [-0.39, 0.29) is 44.6 Å². The summed E-state index contributed by atoms with van der Waals surface area (Å²) in [6.45, 7) is 22.3. The Bertz CT molecular complexity index is 540. The van der Waals surface area contributed by atoms with Crippen LogP contribution in [0.4, 0.5) is 0 Å². The molecule has 0 N–H and O–H groups in total. The van der Waals surface area contributed by atoms with Gasteiger partial charge in [-0.2, -0.15) is 0 Å². The molecule has 31 heavy (non-hydrogen) atoms. The summed E-state index contributed by atoms with van der Waals surface area (Å²) < 4.78 is 19.9. The maximum absolute atomic E-state index is 6.77. The molecule has 3 nitrogen and oxygen atoms in total. The van der Waals surface area contributed by atoms with E-state index in [1.807, 2.05) is 0 Å². The third-order valence-electron chi connectivity index (χ3n) is 3.58. The van der Waals surface area contributed by atoms with E-state index >= 15 is 0 Å². The van der Waals surface area contributed by atoms with Crippen molar-refractivity contribution in [1.82, 2.24) is 0 Å². The molecule has 1 rings (SSSR count). The first-order valence-corrected chi connectivity index (χ1v) is 21.4. The Morgan fingerprint density at radius 2 is 1.00 bits per heavy atom. The fourth-order valence-corrected chi connectivity index (χ4v) is 21.8. The topological polar surface area (TPSA) is 27.7 Å². The van der Waals surface area contributed by atoms with Crippen LogP contribution in [0.25, 0.3) is 0 Å². The monoisotopic (exact) mass is 510 g/mol. The van der Waals surface area contributed by atoms with Crippen molar-refractivity contribution in [2.45, 2.75) is 122 Å². The molecule has 0 saturated carbocycles. The highest BCUT2D eigenvalue weighted by Gasteiger charge is 2.45. The summed E-state index contributed by atoms with van der Waals surface area (Å²) in [5, 5.41) is 0. The van der Waals surface area contributed by atoms with Gasteiger partial charge >= 0.3 is 17.1 Å². The molecule has 0 aromatic heterocycles. The summed E-state index contributed by atoms with van der Waals surface area (Å²) in [5.74, 6) is 0.422. The Morgan fingerprint density at radius 3 is 1.35 bits per heavy atom. The Labute approximate surface area is 204 Å². The maximum Gasteiger partial charge on any atom is 0.316 e. The van der Waals surface area contributed by atoms with Crippen molar-refractivity contribution >= 4 is 33.8 Å². The molecule has 0 saturated heterocycles. The first-order valence-electron chi connectivity index (χ1n) is 9.26. The van der Waals surface area contributed by atoms with Crippen LogP contribution in [0.3, 0.4) is 0 Å². The molecule has 1 aromatic carbocycles. The lowest BCUT2D eigenvalue weighted by Crippen LogP contribution is -2.57. The molecule has 1 aromatic rings. The van der Waals surface area contributed by atoms with E-state index in [0.717, 1.165) is 6.04 Å². The number of hydrogen-bond donors (Lipinski definition) is 0. The smallest absolute Gasteiger partial charge is 0.316 e. The van der Waals surface area contributed by atoms with E-state index < -0.39 is 33.8 Å². The Hall–Kier alpha value is -0.0325. The molecular weight excluding hydrogens is 449 g/mol. The predicted molar refractivity (Wildman–Crippen MR) is 159 cm³/mol. The SMILES string of the molecule is C.C.C.C.C.C.CC(C[Si](C)(O[Si](C)(C)C)O[Si](C)(C)O[Si](C)(C)C)c1ccccc1. The van der Waals surface area contributed by atoms with Crippen molar-refractivity contribution in [3.63, 3.8) is 0 Å². The molecule has 0 amide bonds. The highest BCUT2D eigenvalue weighted by molar-refractivity contribution is 6.89. The standard InChI is InChI=1S/C18H38O3Si4.6CH4/c1-17(18-14-12-11-13-15-18)16-25(10,20-23(5,6)7)21-24(8,9)19-22(2,3)4;;;;;;/h11-15,17H,16H2,1-10H3;6*1H4. The molecule has 2 unspecified atom stereocenters. The maximum atomic E-state index is 6.77. The average Bonchev–Trinajstić information content (AvgIpc) is 2.32. The molecule has 7 heteroatoms. The van der Waals surface area contributed by atoms with Gasteiger partial charge in [0, 0.05) is 0 Å². The van der Waals surface area contributed by atoms with E-state index in [2.05, 4.69) is 96.2 Å². The van der Waals surface area contributed by atoms with Gasteiger partial charge in [-0.1, -0.05) is 81.8 Å². The molecular formula is C24H62O3Si4. The van der Waals surface area contributed by atoms with E-state index in [0.29, 0.717) is 5.92 Å². The van der Waals surface area contributed by atoms with Crippen LogP contribution < -0.4 is 0 Å². The van der Waals surface area contributed by atoms with Crippen molar-refractivity contribution in [3.05, 3.63) is 35.9 Å². The number of hydrogen-bond acceptors (Lipinski definition) is 3. The fourth-order valence-electron chi connectivity index (χ4n) is 3.49. The van der Waals surface area contributed by atoms with Crippen LogP contribution in [0.1, 0.15) is 63.0 Å². The minimum atomic E-state index is -2.35. The minimum absolute atomic E-state index is 0. The van der Waals surface area contributed by atoms with Gasteiger partial charge in [-0.3, -0.25) is 0 Å². The minimum Gasteiger partial charge on any atom is -0.437 e. The second-order valence-corrected chi connectivity index (χ2v) is 26.0. The summed E-state index contributed by atoms with van der Waals surface area (Å²) in [7, 11) is -7.91. The molecule has 2 atom stereocenters. The van der Waals surface area contributed by atoms with Crippen LogP contribution in [-0.2, 0) is 12.3 Å². The van der Waals surface area contributed by atoms with Gasteiger partial charge in [-0.05, 0) is 76.4 Å². The van der Waals surface area contributed by atoms with Gasteiger partial charge in [0.2, 0.25) is 0 Å². The highest BCUT2D eigenvalue weighted by Crippen LogP contribution is 2.32. The van der Waals surface area contributed by atoms with E-state index in [4.69, 9.17) is 12.3 Å². The van der Waals surface area contributed by atoms with Gasteiger partial charge in [0.25, 0.3) is 0 Å². The van der Waals surface area contributed by atoms with Crippen LogP contribution >= 0.6 is 0 Å². The molecule has 0 bridgehead atoms. The first kappa shape index (κ1) is 44.6. The zero-order valence-electron chi connectivity index (χ0n) is 17.9. The van der Waals surface area contributed by atoms with E-state index in [1.54, 1.807) is 0 Å². The summed E-state index contributed by atoms with van der Waals surface area (Å²) >= 11 is 0. The number of rotatable bonds is 9. The second kappa shape index (κ2) is 16.6. The summed E-state index contributed by atoms with van der Waals surface area (Å²) in [4.78, 5) is 0. The van der Waals surface area contributed by atoms with Gasteiger partial charge < -0.3 is 12.3 Å². The lowest BCUT2D eigenvalue weighted by atomic mass is 10.0. The fraction of sp³-hybridized carbons (Fsp3) is 0.750. The third kappa shape index (κ3) is 19.2. The highest BCUT2D eigenvalue weighted by atomic mass is 28.5. The molecule has 0 aliphatic rings. The molecule has 0 heterocycles. The predicted octanol–water partition coefficient (Wildman–Crippen LogP) is 10.1. The average molecular weight is 511 g/mol. The molecule has 0 radical (unpaired) electrons. The summed E-state index contributed by atoms with van der Waals surface area (Å²) in [6, 6.07) is 11.7. The summed E-state index contributed by atoms with van der Waals surface area (Å²) in [6.07, 6.45) is 0. The van der Waals surface area contributed by atoms with Crippen LogP contribution in [-0.4, -0.2) is 33.8 Å². The van der Waals surface area contributed by atoms with Crippen molar-refractivity contribution in [3.8, 4) is 0 Å². The van der Waals surface area contributed by atoms with Gasteiger partial charge in [0.15, 0.2) is 16.6 Å². The number of benzene rings is 1. The lowest BCUT2D eigenvalue weighted by Gasteiger charge is -2.42. The van der Waals surface area contributed by atoms with Crippen molar-refractivity contribution in [1.29, 1.82) is 0 Å². The van der Waals surface area contributed by atoms with Crippen LogP contribution in [0.2, 0.25) is 65.0 Å². The van der Waals surface area contributed by atoms with Crippen LogP contribution in [0.15, 0.2) is 30.3 Å². The van der Waals surface area contributed by atoms with Crippen molar-refractivity contribution < 1.29 is 12.3 Å². The molecule has 0 spiro atoms. The Kier molecular flexibility index (Phi) is 23.8. The first-order chi connectivity index (χ1) is 11.1. The van der Waals surface area contributed by atoms with Gasteiger partial charge in [-0.15, -0.1) is 0 Å². The lowest BCUT2D eigenvalue weighted by molar-refractivity contribution is 0.321. The quantitative estimate of drug-likeness (QED) is 0.309. The largest absolute Gasteiger partial charge is 0.437 e. The Balaban J connectivity index is -0.000000260.